The number of halogens is 1. The number of aromatic nitrogens is 3. The zero-order chi connectivity index (χ0) is 19.1. The molecule has 27 heavy (non-hydrogen) atoms. The second-order valence-corrected chi connectivity index (χ2v) is 5.98. The van der Waals surface area contributed by atoms with Crippen molar-refractivity contribution in [2.24, 2.45) is 0 Å². The molecule has 1 heterocycles. The monoisotopic (exact) mass is 384 g/mol. The number of anilines is 2. The van der Waals surface area contributed by atoms with Gasteiger partial charge in [0.2, 0.25) is 5.91 Å². The Kier molecular flexibility index (Phi) is 6.01. The van der Waals surface area contributed by atoms with Crippen LogP contribution in [0.5, 0.6) is 0 Å². The van der Waals surface area contributed by atoms with Crippen molar-refractivity contribution < 1.29 is 9.59 Å². The summed E-state index contributed by atoms with van der Waals surface area (Å²) < 4.78 is 1.53. The minimum Gasteiger partial charge on any atom is -0.337 e. The number of carbonyl (C=O) groups is 2. The van der Waals surface area contributed by atoms with Crippen LogP contribution in [-0.4, -0.2) is 33.2 Å². The average molecular weight is 385 g/mol. The molecule has 0 atom stereocenters. The fourth-order valence-corrected chi connectivity index (χ4v) is 2.51. The second kappa shape index (κ2) is 8.81. The van der Waals surface area contributed by atoms with E-state index in [0.717, 1.165) is 0 Å². The van der Waals surface area contributed by atoms with E-state index in [-0.39, 0.29) is 24.9 Å². The van der Waals surface area contributed by atoms with E-state index >= 15 is 0 Å². The van der Waals surface area contributed by atoms with E-state index in [1.54, 1.807) is 30.3 Å². The number of amides is 3. The molecule has 0 aliphatic carbocycles. The van der Waals surface area contributed by atoms with Crippen LogP contribution in [-0.2, 0) is 4.79 Å². The van der Waals surface area contributed by atoms with Crippen LogP contribution in [0.3, 0.4) is 0 Å². The van der Waals surface area contributed by atoms with Gasteiger partial charge in [-0.05, 0) is 30.3 Å². The molecule has 3 rings (SSSR count). The summed E-state index contributed by atoms with van der Waals surface area (Å²) in [5.74, 6) is -0.265. The summed E-state index contributed by atoms with van der Waals surface area (Å²) in [5, 5.41) is 12.6. The van der Waals surface area contributed by atoms with Crippen molar-refractivity contribution in [3.8, 4) is 5.69 Å². The van der Waals surface area contributed by atoms with E-state index in [0.29, 0.717) is 22.1 Å². The molecular formula is C18H17ClN6O2. The van der Waals surface area contributed by atoms with Gasteiger partial charge in [0.05, 0.1) is 11.4 Å². The van der Waals surface area contributed by atoms with Gasteiger partial charge in [-0.1, -0.05) is 29.8 Å². The topological polar surface area (TPSA) is 101 Å². The Morgan fingerprint density at radius 1 is 1.07 bits per heavy atom. The maximum Gasteiger partial charge on any atom is 0.319 e. The predicted octanol–water partition coefficient (Wildman–Crippen LogP) is 3.07. The fraction of sp³-hybridized carbons (Fsp3) is 0.111. The maximum atomic E-state index is 12.2. The van der Waals surface area contributed by atoms with Gasteiger partial charge in [-0.2, -0.15) is 5.10 Å². The van der Waals surface area contributed by atoms with Crippen LogP contribution < -0.4 is 16.0 Å². The quantitative estimate of drug-likeness (QED) is 0.607. The molecule has 3 amide bonds. The third-order valence-electron chi connectivity index (χ3n) is 3.57. The third-order valence-corrected chi connectivity index (χ3v) is 3.80. The molecule has 8 nitrogen and oxygen atoms in total. The van der Waals surface area contributed by atoms with Crippen LogP contribution in [0.25, 0.3) is 5.69 Å². The zero-order valence-electron chi connectivity index (χ0n) is 14.2. The van der Waals surface area contributed by atoms with E-state index in [1.807, 2.05) is 18.2 Å². The number of urea groups is 1. The lowest BCUT2D eigenvalue weighted by atomic mass is 10.2. The predicted molar refractivity (Wildman–Crippen MR) is 103 cm³/mol. The Labute approximate surface area is 160 Å². The van der Waals surface area contributed by atoms with Gasteiger partial charge < -0.3 is 16.0 Å². The molecule has 0 aliphatic heterocycles. The lowest BCUT2D eigenvalue weighted by Gasteiger charge is -2.12. The van der Waals surface area contributed by atoms with Gasteiger partial charge in [-0.25, -0.2) is 14.5 Å². The highest BCUT2D eigenvalue weighted by atomic mass is 35.5. The van der Waals surface area contributed by atoms with Crippen molar-refractivity contribution in [3.63, 3.8) is 0 Å². The summed E-state index contributed by atoms with van der Waals surface area (Å²) in [7, 11) is 0. The molecule has 3 N–H and O–H groups in total. The van der Waals surface area contributed by atoms with Gasteiger partial charge in [0, 0.05) is 23.7 Å². The number of nitrogens with zero attached hydrogens (tertiary/aromatic N) is 3. The number of para-hydroxylation sites is 1. The third kappa shape index (κ3) is 5.29. The largest absolute Gasteiger partial charge is 0.337 e. The Hall–Kier alpha value is -3.39. The number of hydrogen-bond acceptors (Lipinski definition) is 4. The highest BCUT2D eigenvalue weighted by Crippen LogP contribution is 2.24. The highest BCUT2D eigenvalue weighted by Gasteiger charge is 2.10. The van der Waals surface area contributed by atoms with E-state index in [9.17, 15) is 9.59 Å². The van der Waals surface area contributed by atoms with Crippen molar-refractivity contribution in [1.29, 1.82) is 0 Å². The Morgan fingerprint density at radius 2 is 1.89 bits per heavy atom. The van der Waals surface area contributed by atoms with Gasteiger partial charge >= 0.3 is 6.03 Å². The molecule has 1 aromatic heterocycles. The molecular weight excluding hydrogens is 368 g/mol. The van der Waals surface area contributed by atoms with Crippen LogP contribution in [0, 0.1) is 0 Å². The normalized spacial score (nSPS) is 10.3. The first-order valence-electron chi connectivity index (χ1n) is 8.16. The number of carbonyl (C=O) groups excluding carboxylic acids is 2. The zero-order valence-corrected chi connectivity index (χ0v) is 15.0. The number of hydrogen-bond donors (Lipinski definition) is 3. The van der Waals surface area contributed by atoms with Gasteiger partial charge in [-0.15, -0.1) is 0 Å². The summed E-state index contributed by atoms with van der Waals surface area (Å²) in [6.45, 7) is 0.184. The maximum absolute atomic E-state index is 12.2. The summed E-state index contributed by atoms with van der Waals surface area (Å²) >= 11 is 6.02. The molecule has 0 radical (unpaired) electrons. The van der Waals surface area contributed by atoms with Crippen LogP contribution in [0.15, 0.2) is 61.2 Å². The Balaban J connectivity index is 1.52. The van der Waals surface area contributed by atoms with E-state index in [4.69, 9.17) is 11.6 Å². The Bertz CT molecular complexity index is 915. The molecule has 0 fully saturated rings. The molecule has 3 aromatic rings. The number of rotatable bonds is 6. The summed E-state index contributed by atoms with van der Waals surface area (Å²) in [4.78, 5) is 27.9. The van der Waals surface area contributed by atoms with Gasteiger partial charge in [0.1, 0.15) is 12.7 Å². The van der Waals surface area contributed by atoms with Gasteiger partial charge in [0.15, 0.2) is 0 Å². The smallest absolute Gasteiger partial charge is 0.319 e. The van der Waals surface area contributed by atoms with Crippen LogP contribution in [0.1, 0.15) is 6.42 Å². The van der Waals surface area contributed by atoms with Crippen molar-refractivity contribution in [2.45, 2.75) is 6.42 Å². The molecule has 0 unspecified atom stereocenters. The van der Waals surface area contributed by atoms with Crippen molar-refractivity contribution in [1.82, 2.24) is 20.1 Å². The summed E-state index contributed by atoms with van der Waals surface area (Å²) in [5.41, 5.74) is 1.82. The Morgan fingerprint density at radius 3 is 2.63 bits per heavy atom. The fourth-order valence-electron chi connectivity index (χ4n) is 2.34. The molecule has 0 saturated carbocycles. The molecule has 2 aromatic carbocycles. The first kappa shape index (κ1) is 18.4. The highest BCUT2D eigenvalue weighted by molar-refractivity contribution is 6.31. The molecule has 9 heteroatoms. The molecule has 0 bridgehead atoms. The minimum atomic E-state index is -0.375. The van der Waals surface area contributed by atoms with Gasteiger partial charge in [0.25, 0.3) is 0 Å². The van der Waals surface area contributed by atoms with Crippen LogP contribution >= 0.6 is 11.6 Å². The van der Waals surface area contributed by atoms with Crippen molar-refractivity contribution in [2.75, 3.05) is 17.2 Å². The SMILES string of the molecule is O=C(CCNC(=O)Nc1ccccc1)Nc1cc(Cl)ccc1-n1cncn1. The summed E-state index contributed by atoms with van der Waals surface area (Å²) in [6, 6.07) is 13.7. The molecule has 0 saturated heterocycles. The van der Waals surface area contributed by atoms with Crippen LogP contribution in [0.2, 0.25) is 5.02 Å². The van der Waals surface area contributed by atoms with E-state index < -0.39 is 0 Å². The molecule has 0 aliphatic rings. The first-order valence-corrected chi connectivity index (χ1v) is 8.54. The number of nitrogens with one attached hydrogen (secondary N) is 3. The first-order chi connectivity index (χ1) is 13.1. The van der Waals surface area contributed by atoms with Crippen molar-refractivity contribution in [3.05, 3.63) is 66.2 Å². The average Bonchev–Trinajstić information content (AvgIpc) is 3.17. The van der Waals surface area contributed by atoms with E-state index in [2.05, 4.69) is 26.0 Å². The van der Waals surface area contributed by atoms with E-state index in [1.165, 1.54) is 17.3 Å². The van der Waals surface area contributed by atoms with Crippen LogP contribution in [0.4, 0.5) is 16.2 Å². The standard InChI is InChI=1S/C18H17ClN6O2/c19-13-6-7-16(25-12-20-11-22-25)15(10-13)24-17(26)8-9-21-18(27)23-14-4-2-1-3-5-14/h1-7,10-12H,8-9H2,(H,24,26)(H2,21,23,27). The van der Waals surface area contributed by atoms with Gasteiger partial charge in [-0.3, -0.25) is 4.79 Å². The molecule has 138 valence electrons. The lowest BCUT2D eigenvalue weighted by Crippen LogP contribution is -2.31. The molecule has 0 spiro atoms. The number of benzene rings is 2. The lowest BCUT2D eigenvalue weighted by molar-refractivity contribution is -0.116. The second-order valence-electron chi connectivity index (χ2n) is 5.55. The summed E-state index contributed by atoms with van der Waals surface area (Å²) in [6.07, 6.45) is 3.02. The minimum absolute atomic E-state index is 0.103. The van der Waals surface area contributed by atoms with Crippen molar-refractivity contribution >= 4 is 34.9 Å².